The van der Waals surface area contributed by atoms with Crippen molar-refractivity contribution >= 4 is 40.7 Å². The lowest BCUT2D eigenvalue weighted by atomic mass is 9.92. The Labute approximate surface area is 184 Å². The SMILES string of the molecule is CCCCCN1C(=O)c2cccc3c(N4CCN(CCN)CC4)ccc(c23)C1=O.Cl. The van der Waals surface area contributed by atoms with Crippen molar-refractivity contribution in [3.63, 3.8) is 0 Å². The first-order valence-electron chi connectivity index (χ1n) is 10.7. The van der Waals surface area contributed by atoms with Crippen molar-refractivity contribution in [2.24, 2.45) is 5.73 Å². The molecule has 2 heterocycles. The first-order chi connectivity index (χ1) is 14.2. The van der Waals surface area contributed by atoms with Gasteiger partial charge in [-0.2, -0.15) is 0 Å². The molecule has 1 saturated heterocycles. The van der Waals surface area contributed by atoms with Gasteiger partial charge in [-0.25, -0.2) is 0 Å². The number of hydrogen-bond donors (Lipinski definition) is 1. The summed E-state index contributed by atoms with van der Waals surface area (Å²) in [7, 11) is 0. The van der Waals surface area contributed by atoms with Gasteiger partial charge in [-0.05, 0) is 24.6 Å². The first kappa shape index (κ1) is 22.5. The summed E-state index contributed by atoms with van der Waals surface area (Å²) < 4.78 is 0. The second-order valence-electron chi connectivity index (χ2n) is 7.95. The van der Waals surface area contributed by atoms with E-state index < -0.39 is 0 Å². The predicted octanol–water partition coefficient (Wildman–Crippen LogP) is 3.13. The highest BCUT2D eigenvalue weighted by Gasteiger charge is 2.33. The van der Waals surface area contributed by atoms with Crippen molar-refractivity contribution in [2.75, 3.05) is 50.7 Å². The molecule has 7 heteroatoms. The number of amides is 2. The highest BCUT2D eigenvalue weighted by molar-refractivity contribution is 6.26. The maximum Gasteiger partial charge on any atom is 0.261 e. The normalized spacial score (nSPS) is 16.9. The van der Waals surface area contributed by atoms with Crippen LogP contribution in [0.5, 0.6) is 0 Å². The average Bonchev–Trinajstić information content (AvgIpc) is 2.75. The predicted molar refractivity (Wildman–Crippen MR) is 124 cm³/mol. The quantitative estimate of drug-likeness (QED) is 0.539. The number of nitrogens with two attached hydrogens (primary N) is 1. The maximum atomic E-state index is 13.1. The fourth-order valence-corrected chi connectivity index (χ4v) is 4.52. The molecule has 0 unspecified atom stereocenters. The lowest BCUT2D eigenvalue weighted by Crippen LogP contribution is -2.48. The maximum absolute atomic E-state index is 13.1. The van der Waals surface area contributed by atoms with Crippen molar-refractivity contribution < 1.29 is 9.59 Å². The van der Waals surface area contributed by atoms with Crippen LogP contribution in [0.4, 0.5) is 5.69 Å². The molecule has 2 aliphatic heterocycles. The van der Waals surface area contributed by atoms with Gasteiger partial charge in [0.1, 0.15) is 0 Å². The summed E-state index contributed by atoms with van der Waals surface area (Å²) in [6, 6.07) is 9.80. The summed E-state index contributed by atoms with van der Waals surface area (Å²) in [6.45, 7) is 8.01. The van der Waals surface area contributed by atoms with Gasteiger partial charge in [0.05, 0.1) is 0 Å². The summed E-state index contributed by atoms with van der Waals surface area (Å²) in [5.41, 5.74) is 8.10. The number of piperazine rings is 1. The molecule has 0 aliphatic carbocycles. The molecule has 2 aromatic carbocycles. The molecule has 1 fully saturated rings. The van der Waals surface area contributed by atoms with E-state index in [-0.39, 0.29) is 24.2 Å². The van der Waals surface area contributed by atoms with E-state index in [1.165, 1.54) is 4.90 Å². The Hall–Kier alpha value is -2.15. The molecule has 30 heavy (non-hydrogen) atoms. The molecule has 2 aromatic rings. The highest BCUT2D eigenvalue weighted by atomic mass is 35.5. The van der Waals surface area contributed by atoms with E-state index in [9.17, 15) is 9.59 Å². The van der Waals surface area contributed by atoms with Gasteiger partial charge in [0.25, 0.3) is 11.8 Å². The Morgan fingerprint density at radius 2 is 1.60 bits per heavy atom. The number of unbranched alkanes of at least 4 members (excludes halogenated alkanes) is 2. The van der Waals surface area contributed by atoms with Gasteiger partial charge >= 0.3 is 0 Å². The van der Waals surface area contributed by atoms with Gasteiger partial charge in [0, 0.05) is 73.4 Å². The molecular formula is C23H31ClN4O2. The third kappa shape index (κ3) is 4.04. The minimum atomic E-state index is -0.158. The van der Waals surface area contributed by atoms with Crippen molar-refractivity contribution in [1.29, 1.82) is 0 Å². The van der Waals surface area contributed by atoms with E-state index in [4.69, 9.17) is 5.73 Å². The number of halogens is 1. The second kappa shape index (κ2) is 9.77. The van der Waals surface area contributed by atoms with Crippen molar-refractivity contribution in [2.45, 2.75) is 26.2 Å². The summed E-state index contributed by atoms with van der Waals surface area (Å²) in [4.78, 5) is 32.3. The van der Waals surface area contributed by atoms with Crippen LogP contribution < -0.4 is 10.6 Å². The number of carbonyl (C=O) groups excluding carboxylic acids is 2. The molecule has 162 valence electrons. The number of imide groups is 1. The molecule has 4 rings (SSSR count). The molecular weight excluding hydrogens is 400 g/mol. The monoisotopic (exact) mass is 430 g/mol. The number of carbonyl (C=O) groups is 2. The fourth-order valence-electron chi connectivity index (χ4n) is 4.52. The minimum absolute atomic E-state index is 0. The van der Waals surface area contributed by atoms with Gasteiger partial charge in [0.15, 0.2) is 0 Å². The van der Waals surface area contributed by atoms with Crippen LogP contribution >= 0.6 is 12.4 Å². The van der Waals surface area contributed by atoms with Crippen LogP contribution in [-0.4, -0.2) is 67.4 Å². The van der Waals surface area contributed by atoms with Crippen LogP contribution in [0, 0.1) is 0 Å². The first-order valence-corrected chi connectivity index (χ1v) is 10.7. The lowest BCUT2D eigenvalue weighted by molar-refractivity contribution is 0.0608. The number of nitrogens with zero attached hydrogens (tertiary/aromatic N) is 3. The lowest BCUT2D eigenvalue weighted by Gasteiger charge is -2.37. The van der Waals surface area contributed by atoms with Gasteiger partial charge in [-0.15, -0.1) is 12.4 Å². The number of hydrogen-bond acceptors (Lipinski definition) is 5. The average molecular weight is 431 g/mol. The topological polar surface area (TPSA) is 69.9 Å². The van der Waals surface area contributed by atoms with E-state index in [0.717, 1.165) is 68.4 Å². The third-order valence-electron chi connectivity index (χ3n) is 6.11. The summed E-state index contributed by atoms with van der Waals surface area (Å²) in [5, 5.41) is 1.82. The Morgan fingerprint density at radius 1 is 0.900 bits per heavy atom. The molecule has 0 bridgehead atoms. The molecule has 2 N–H and O–H groups in total. The smallest absolute Gasteiger partial charge is 0.261 e. The van der Waals surface area contributed by atoms with Crippen molar-refractivity contribution in [3.8, 4) is 0 Å². The van der Waals surface area contributed by atoms with Crippen molar-refractivity contribution in [3.05, 3.63) is 41.5 Å². The molecule has 0 aromatic heterocycles. The number of rotatable bonds is 7. The zero-order valence-corrected chi connectivity index (χ0v) is 18.4. The standard InChI is InChI=1S/C23H30N4O2.ClH/c1-2-3-4-11-27-22(28)18-7-5-6-17-20(9-8-19(21(17)18)23(27)29)26-15-13-25(12-10-24)14-16-26;/h5-9H,2-4,10-16,24H2,1H3;1H. The van der Waals surface area contributed by atoms with Gasteiger partial charge < -0.3 is 10.6 Å². The van der Waals surface area contributed by atoms with Gasteiger partial charge in [-0.1, -0.05) is 31.9 Å². The van der Waals surface area contributed by atoms with Crippen LogP contribution in [0.15, 0.2) is 30.3 Å². The molecule has 2 amide bonds. The van der Waals surface area contributed by atoms with E-state index >= 15 is 0 Å². The van der Waals surface area contributed by atoms with Crippen molar-refractivity contribution in [1.82, 2.24) is 9.80 Å². The Balaban J connectivity index is 0.00000256. The fraction of sp³-hybridized carbons (Fsp3) is 0.478. The van der Waals surface area contributed by atoms with E-state index in [0.29, 0.717) is 24.2 Å². The Kier molecular flexibility index (Phi) is 7.34. The third-order valence-corrected chi connectivity index (χ3v) is 6.11. The summed E-state index contributed by atoms with van der Waals surface area (Å²) in [5.74, 6) is -0.316. The second-order valence-corrected chi connectivity index (χ2v) is 7.95. The largest absolute Gasteiger partial charge is 0.368 e. The van der Waals surface area contributed by atoms with E-state index in [1.807, 2.05) is 24.3 Å². The summed E-state index contributed by atoms with van der Waals surface area (Å²) in [6.07, 6.45) is 2.93. The number of anilines is 1. The molecule has 6 nitrogen and oxygen atoms in total. The van der Waals surface area contributed by atoms with Crippen LogP contribution in [0.25, 0.3) is 10.8 Å². The van der Waals surface area contributed by atoms with Crippen LogP contribution in [0.1, 0.15) is 46.9 Å². The molecule has 2 aliphatic rings. The molecule has 0 atom stereocenters. The molecule has 0 saturated carbocycles. The Morgan fingerprint density at radius 3 is 2.27 bits per heavy atom. The van der Waals surface area contributed by atoms with Crippen LogP contribution in [0.2, 0.25) is 0 Å². The zero-order chi connectivity index (χ0) is 20.4. The molecule has 0 spiro atoms. The van der Waals surface area contributed by atoms with Gasteiger partial charge in [-0.3, -0.25) is 19.4 Å². The van der Waals surface area contributed by atoms with Crippen LogP contribution in [-0.2, 0) is 0 Å². The van der Waals surface area contributed by atoms with E-state index in [1.54, 1.807) is 0 Å². The minimum Gasteiger partial charge on any atom is -0.368 e. The number of benzene rings is 2. The van der Waals surface area contributed by atoms with Gasteiger partial charge in [0.2, 0.25) is 0 Å². The van der Waals surface area contributed by atoms with Crippen LogP contribution in [0.3, 0.4) is 0 Å². The highest BCUT2D eigenvalue weighted by Crippen LogP contribution is 2.36. The summed E-state index contributed by atoms with van der Waals surface area (Å²) >= 11 is 0. The zero-order valence-electron chi connectivity index (χ0n) is 17.6. The van der Waals surface area contributed by atoms with E-state index in [2.05, 4.69) is 22.8 Å². The Bertz CT molecular complexity index is 903. The molecule has 0 radical (unpaired) electrons.